The van der Waals surface area contributed by atoms with Crippen molar-refractivity contribution in [1.82, 2.24) is 9.78 Å². The molecule has 0 aliphatic carbocycles. The van der Waals surface area contributed by atoms with Crippen molar-refractivity contribution in [1.29, 1.82) is 5.26 Å². The summed E-state index contributed by atoms with van der Waals surface area (Å²) in [5.74, 6) is 0. The molecule has 0 saturated heterocycles. The van der Waals surface area contributed by atoms with E-state index in [-0.39, 0.29) is 5.54 Å². The monoisotopic (exact) mass is 227 g/mol. The lowest BCUT2D eigenvalue weighted by atomic mass is 10.1. The first-order valence-corrected chi connectivity index (χ1v) is 4.96. The molecule has 1 rings (SSSR count). The van der Waals surface area contributed by atoms with Crippen LogP contribution in [0.3, 0.4) is 0 Å². The van der Waals surface area contributed by atoms with Crippen LogP contribution in [0, 0.1) is 11.3 Å². The van der Waals surface area contributed by atoms with Gasteiger partial charge in [-0.2, -0.15) is 10.4 Å². The van der Waals surface area contributed by atoms with Crippen LogP contribution in [0.25, 0.3) is 0 Å². The number of rotatable bonds is 2. The van der Waals surface area contributed by atoms with Crippen LogP contribution in [0.2, 0.25) is 5.15 Å². The van der Waals surface area contributed by atoms with Crippen LogP contribution in [0.1, 0.15) is 32.0 Å². The molecule has 0 fully saturated rings. The average molecular weight is 228 g/mol. The van der Waals surface area contributed by atoms with Gasteiger partial charge in [0.05, 0.1) is 12.1 Å². The minimum atomic E-state index is -0.241. The molecule has 82 valence electrons. The Bertz CT molecular complexity index is 398. The molecule has 0 radical (unpaired) electrons. The van der Waals surface area contributed by atoms with E-state index in [0.29, 0.717) is 23.0 Å². The highest BCUT2D eigenvalue weighted by atomic mass is 35.5. The zero-order valence-electron chi connectivity index (χ0n) is 9.33. The topological polar surface area (TPSA) is 50.8 Å². The van der Waals surface area contributed by atoms with Crippen LogP contribution in [-0.2, 0) is 16.9 Å². The van der Waals surface area contributed by atoms with E-state index >= 15 is 0 Å². The summed E-state index contributed by atoms with van der Waals surface area (Å²) in [6.45, 7) is 6.22. The number of hydrogen-bond acceptors (Lipinski definition) is 3. The zero-order chi connectivity index (χ0) is 11.6. The Labute approximate surface area is 94.4 Å². The van der Waals surface area contributed by atoms with E-state index in [1.165, 1.54) is 0 Å². The molecule has 15 heavy (non-hydrogen) atoms. The maximum absolute atomic E-state index is 8.96. The van der Waals surface area contributed by atoms with Gasteiger partial charge >= 0.3 is 0 Å². The normalized spacial score (nSPS) is 11.5. The second kappa shape index (κ2) is 4.21. The van der Waals surface area contributed by atoms with Gasteiger partial charge in [0, 0.05) is 7.11 Å². The van der Waals surface area contributed by atoms with Crippen LogP contribution in [0.5, 0.6) is 0 Å². The molecular weight excluding hydrogens is 214 g/mol. The SMILES string of the molecule is COCc1nn(C(C)(C)C)c(Cl)c1C#N. The molecule has 0 atom stereocenters. The van der Waals surface area contributed by atoms with Crippen LogP contribution in [0.4, 0.5) is 0 Å². The lowest BCUT2D eigenvalue weighted by molar-refractivity contribution is 0.179. The van der Waals surface area contributed by atoms with Crippen molar-refractivity contribution in [2.24, 2.45) is 0 Å². The first kappa shape index (κ1) is 12.0. The maximum atomic E-state index is 8.96. The van der Waals surface area contributed by atoms with E-state index in [4.69, 9.17) is 21.6 Å². The molecule has 0 aliphatic rings. The fraction of sp³-hybridized carbons (Fsp3) is 0.600. The molecular formula is C10H14ClN3O. The van der Waals surface area contributed by atoms with E-state index in [2.05, 4.69) is 5.10 Å². The van der Waals surface area contributed by atoms with Gasteiger partial charge in [-0.3, -0.25) is 0 Å². The summed E-state index contributed by atoms with van der Waals surface area (Å²) in [5, 5.41) is 13.6. The molecule has 1 heterocycles. The van der Waals surface area contributed by atoms with E-state index in [1.54, 1.807) is 11.8 Å². The van der Waals surface area contributed by atoms with Gasteiger partial charge in [0.15, 0.2) is 0 Å². The Morgan fingerprint density at radius 2 is 2.13 bits per heavy atom. The van der Waals surface area contributed by atoms with E-state index in [9.17, 15) is 0 Å². The minimum absolute atomic E-state index is 0.241. The molecule has 5 heteroatoms. The molecule has 1 aromatic heterocycles. The molecule has 0 saturated carbocycles. The Morgan fingerprint density at radius 1 is 1.53 bits per heavy atom. The summed E-state index contributed by atoms with van der Waals surface area (Å²) in [7, 11) is 1.56. The molecule has 0 aromatic carbocycles. The van der Waals surface area contributed by atoms with Gasteiger partial charge in [-0.15, -0.1) is 0 Å². The number of hydrogen-bond donors (Lipinski definition) is 0. The summed E-state index contributed by atoms with van der Waals surface area (Å²) in [5.41, 5.74) is 0.739. The number of aromatic nitrogens is 2. The van der Waals surface area contributed by atoms with Gasteiger partial charge in [0.25, 0.3) is 0 Å². The van der Waals surface area contributed by atoms with Crippen LogP contribution in [-0.4, -0.2) is 16.9 Å². The smallest absolute Gasteiger partial charge is 0.145 e. The molecule has 1 aromatic rings. The second-order valence-corrected chi connectivity index (χ2v) is 4.60. The highest BCUT2D eigenvalue weighted by Crippen LogP contribution is 2.26. The molecule has 0 amide bonds. The van der Waals surface area contributed by atoms with Crippen molar-refractivity contribution in [3.8, 4) is 6.07 Å². The van der Waals surface area contributed by atoms with Crippen molar-refractivity contribution < 1.29 is 4.74 Å². The average Bonchev–Trinajstić information content (AvgIpc) is 2.42. The highest BCUT2D eigenvalue weighted by molar-refractivity contribution is 6.30. The van der Waals surface area contributed by atoms with Gasteiger partial charge in [0.1, 0.15) is 22.5 Å². The van der Waals surface area contributed by atoms with Crippen LogP contribution >= 0.6 is 11.6 Å². The van der Waals surface area contributed by atoms with Crippen molar-refractivity contribution in [2.75, 3.05) is 7.11 Å². The van der Waals surface area contributed by atoms with Gasteiger partial charge in [-0.05, 0) is 20.8 Å². The summed E-state index contributed by atoms with van der Waals surface area (Å²) < 4.78 is 6.61. The lowest BCUT2D eigenvalue weighted by Crippen LogP contribution is -2.23. The Balaban J connectivity index is 3.29. The fourth-order valence-electron chi connectivity index (χ4n) is 1.23. The largest absolute Gasteiger partial charge is 0.378 e. The molecule has 0 unspecified atom stereocenters. The summed E-state index contributed by atoms with van der Waals surface area (Å²) in [4.78, 5) is 0. The minimum Gasteiger partial charge on any atom is -0.378 e. The Morgan fingerprint density at radius 3 is 2.53 bits per heavy atom. The van der Waals surface area contributed by atoms with E-state index in [0.717, 1.165) is 0 Å². The third kappa shape index (κ3) is 2.31. The Kier molecular flexibility index (Phi) is 3.38. The van der Waals surface area contributed by atoms with Crippen molar-refractivity contribution >= 4 is 11.6 Å². The number of halogens is 1. The predicted octanol–water partition coefficient (Wildman–Crippen LogP) is 2.31. The second-order valence-electron chi connectivity index (χ2n) is 4.24. The summed E-state index contributed by atoms with van der Waals surface area (Å²) >= 11 is 6.07. The summed E-state index contributed by atoms with van der Waals surface area (Å²) in [6, 6.07) is 2.05. The number of methoxy groups -OCH3 is 1. The molecule has 0 N–H and O–H groups in total. The maximum Gasteiger partial charge on any atom is 0.145 e. The predicted molar refractivity (Wildman–Crippen MR) is 57.7 cm³/mol. The van der Waals surface area contributed by atoms with Crippen LogP contribution < -0.4 is 0 Å². The third-order valence-corrected chi connectivity index (χ3v) is 2.28. The van der Waals surface area contributed by atoms with Crippen LogP contribution in [0.15, 0.2) is 0 Å². The van der Waals surface area contributed by atoms with Crippen molar-refractivity contribution in [2.45, 2.75) is 32.9 Å². The molecule has 0 bridgehead atoms. The summed E-state index contributed by atoms with van der Waals surface area (Å²) in [6.07, 6.45) is 0. The first-order chi connectivity index (χ1) is 6.91. The third-order valence-electron chi connectivity index (χ3n) is 1.93. The van der Waals surface area contributed by atoms with Crippen molar-refractivity contribution in [3.05, 3.63) is 16.4 Å². The lowest BCUT2D eigenvalue weighted by Gasteiger charge is -2.20. The molecule has 4 nitrogen and oxygen atoms in total. The van der Waals surface area contributed by atoms with Crippen molar-refractivity contribution in [3.63, 3.8) is 0 Å². The van der Waals surface area contributed by atoms with E-state index < -0.39 is 0 Å². The highest BCUT2D eigenvalue weighted by Gasteiger charge is 2.23. The first-order valence-electron chi connectivity index (χ1n) is 4.58. The zero-order valence-corrected chi connectivity index (χ0v) is 10.1. The standard InChI is InChI=1S/C10H14ClN3O/c1-10(2,3)14-9(11)7(5-12)8(13-14)6-15-4/h6H2,1-4H3. The number of nitriles is 1. The molecule has 0 spiro atoms. The van der Waals surface area contributed by atoms with Gasteiger partial charge in [0.2, 0.25) is 0 Å². The van der Waals surface area contributed by atoms with Gasteiger partial charge in [-0.25, -0.2) is 4.68 Å². The van der Waals surface area contributed by atoms with Gasteiger partial charge in [-0.1, -0.05) is 11.6 Å². The Hall–Kier alpha value is -1.05. The quantitative estimate of drug-likeness (QED) is 0.779. The molecule has 0 aliphatic heterocycles. The van der Waals surface area contributed by atoms with Gasteiger partial charge < -0.3 is 4.74 Å². The number of nitrogens with zero attached hydrogens (tertiary/aromatic N) is 3. The fourth-order valence-corrected chi connectivity index (χ4v) is 1.68. The van der Waals surface area contributed by atoms with E-state index in [1.807, 2.05) is 26.8 Å². The number of ether oxygens (including phenoxy) is 1.